The molecule has 2 aliphatic rings. The fraction of sp³-hybridized carbons (Fsp3) is 0.517. The van der Waals surface area contributed by atoms with E-state index in [2.05, 4.69) is 21.8 Å². The Hall–Kier alpha value is -3.44. The minimum atomic E-state index is -0.414. The van der Waals surface area contributed by atoms with Gasteiger partial charge in [0.25, 0.3) is 11.8 Å². The van der Waals surface area contributed by atoms with Crippen LogP contribution in [0.25, 0.3) is 0 Å². The van der Waals surface area contributed by atoms with Crippen LogP contribution in [-0.2, 0) is 0 Å². The molecule has 0 saturated heterocycles. The van der Waals surface area contributed by atoms with Crippen LogP contribution in [0.4, 0.5) is 0 Å². The molecule has 8 nitrogen and oxygen atoms in total. The zero-order chi connectivity index (χ0) is 26.4. The van der Waals surface area contributed by atoms with Crippen LogP contribution < -0.4 is 4.74 Å². The van der Waals surface area contributed by atoms with Gasteiger partial charge in [-0.25, -0.2) is 4.98 Å². The lowest BCUT2D eigenvalue weighted by Crippen LogP contribution is -2.50. The summed E-state index contributed by atoms with van der Waals surface area (Å²) in [5, 5.41) is 9.87. The zero-order valence-corrected chi connectivity index (χ0v) is 21.9. The van der Waals surface area contributed by atoms with E-state index in [1.54, 1.807) is 53.6 Å². The summed E-state index contributed by atoms with van der Waals surface area (Å²) in [5.74, 6) is 6.69. The van der Waals surface area contributed by atoms with Gasteiger partial charge in [-0.1, -0.05) is 38.0 Å². The number of fused-ring (bicyclic) bond motifs is 1. The van der Waals surface area contributed by atoms with Crippen molar-refractivity contribution < 1.29 is 19.4 Å². The Labute approximate surface area is 219 Å². The second-order valence-electron chi connectivity index (χ2n) is 10.2. The van der Waals surface area contributed by atoms with Gasteiger partial charge in [-0.05, 0) is 38.0 Å². The fourth-order valence-electron chi connectivity index (χ4n) is 4.89. The first kappa shape index (κ1) is 26.6. The first-order chi connectivity index (χ1) is 17.9. The lowest BCUT2D eigenvalue weighted by molar-refractivity contribution is 0.0313. The van der Waals surface area contributed by atoms with E-state index >= 15 is 0 Å². The summed E-state index contributed by atoms with van der Waals surface area (Å²) >= 11 is 0. The van der Waals surface area contributed by atoms with Crippen molar-refractivity contribution in [2.75, 3.05) is 26.7 Å². The highest BCUT2D eigenvalue weighted by Gasteiger charge is 2.34. The minimum absolute atomic E-state index is 0.119. The van der Waals surface area contributed by atoms with Gasteiger partial charge in [0, 0.05) is 55.1 Å². The highest BCUT2D eigenvalue weighted by Crippen LogP contribution is 2.28. The number of aliphatic hydroxyl groups excluding tert-OH is 1. The molecule has 1 aliphatic heterocycles. The largest absolute Gasteiger partial charge is 0.472 e. The Balaban J connectivity index is 1.62. The van der Waals surface area contributed by atoms with Crippen LogP contribution in [0, 0.1) is 23.7 Å². The second kappa shape index (κ2) is 12.2. The normalized spacial score (nSPS) is 21.0. The number of amides is 2. The lowest BCUT2D eigenvalue weighted by Gasteiger charge is -2.37. The monoisotopic (exact) mass is 504 g/mol. The number of carbonyl (C=O) groups excluding carboxylic acids is 2. The molecule has 0 unspecified atom stereocenters. The summed E-state index contributed by atoms with van der Waals surface area (Å²) in [6, 6.07) is 4.72. The van der Waals surface area contributed by atoms with Gasteiger partial charge in [0.15, 0.2) is 0 Å². The van der Waals surface area contributed by atoms with Crippen molar-refractivity contribution in [3.8, 4) is 17.7 Å². The number of hydrogen-bond donors (Lipinski definition) is 1. The average Bonchev–Trinajstić information content (AvgIpc) is 2.94. The minimum Gasteiger partial charge on any atom is -0.472 e. The topological polar surface area (TPSA) is 95.9 Å². The standard InChI is InChI=1S/C29H36N4O4/c1-20-17-33(21(2)19-34)29(36)25-15-23(10-9-22-7-5-4-6-8-22)16-31-27(25)37-26(20)18-32(3)28(35)24-11-13-30-14-12-24/h11-16,20-22,26,34H,4-8,17-19H2,1-3H3/t20-,21+,26-/m1/s1. The van der Waals surface area contributed by atoms with Crippen molar-refractivity contribution in [1.29, 1.82) is 0 Å². The van der Waals surface area contributed by atoms with Gasteiger partial charge in [0.05, 0.1) is 19.2 Å². The van der Waals surface area contributed by atoms with Crippen LogP contribution in [-0.4, -0.2) is 75.6 Å². The first-order valence-electron chi connectivity index (χ1n) is 13.1. The number of carbonyl (C=O) groups is 2. The Kier molecular flexibility index (Phi) is 8.78. The maximum atomic E-state index is 13.6. The van der Waals surface area contributed by atoms with Crippen LogP contribution >= 0.6 is 0 Å². The second-order valence-corrected chi connectivity index (χ2v) is 10.2. The van der Waals surface area contributed by atoms with Crippen LogP contribution in [0.3, 0.4) is 0 Å². The predicted molar refractivity (Wildman–Crippen MR) is 140 cm³/mol. The highest BCUT2D eigenvalue weighted by atomic mass is 16.5. The molecule has 2 aromatic rings. The molecule has 3 heterocycles. The average molecular weight is 505 g/mol. The fourth-order valence-corrected chi connectivity index (χ4v) is 4.89. The van der Waals surface area contributed by atoms with E-state index < -0.39 is 6.10 Å². The SMILES string of the molecule is C[C@@H]1CN([C@@H](C)CO)C(=O)c2cc(C#CC3CCCCC3)cnc2O[C@@H]1CN(C)C(=O)c1ccncc1. The summed E-state index contributed by atoms with van der Waals surface area (Å²) in [6.45, 7) is 4.33. The number of pyridine rings is 2. The van der Waals surface area contributed by atoms with Crippen molar-refractivity contribution >= 4 is 11.8 Å². The number of likely N-dealkylation sites (N-methyl/N-ethyl adjacent to an activating group) is 1. The molecule has 1 aliphatic carbocycles. The van der Waals surface area contributed by atoms with E-state index in [0.717, 1.165) is 12.8 Å². The molecule has 0 bridgehead atoms. The maximum Gasteiger partial charge on any atom is 0.259 e. The lowest BCUT2D eigenvalue weighted by atomic mass is 9.90. The number of hydrogen-bond acceptors (Lipinski definition) is 6. The van der Waals surface area contributed by atoms with Crippen molar-refractivity contribution in [3.05, 3.63) is 53.5 Å². The molecular weight excluding hydrogens is 468 g/mol. The third kappa shape index (κ3) is 6.47. The van der Waals surface area contributed by atoms with Crippen LogP contribution in [0.5, 0.6) is 5.88 Å². The molecule has 1 N–H and O–H groups in total. The zero-order valence-electron chi connectivity index (χ0n) is 21.9. The Morgan fingerprint density at radius 1 is 1.27 bits per heavy atom. The summed E-state index contributed by atoms with van der Waals surface area (Å²) in [4.78, 5) is 38.3. The van der Waals surface area contributed by atoms with Crippen LogP contribution in [0.2, 0.25) is 0 Å². The molecule has 196 valence electrons. The Bertz CT molecular complexity index is 1150. The van der Waals surface area contributed by atoms with E-state index in [1.807, 2.05) is 13.8 Å². The van der Waals surface area contributed by atoms with Crippen molar-refractivity contribution in [2.45, 2.75) is 58.1 Å². The molecule has 3 atom stereocenters. The molecule has 2 aromatic heterocycles. The number of aliphatic hydroxyl groups is 1. The predicted octanol–water partition coefficient (Wildman–Crippen LogP) is 3.40. The number of ether oxygens (including phenoxy) is 1. The highest BCUT2D eigenvalue weighted by molar-refractivity contribution is 5.97. The van der Waals surface area contributed by atoms with Crippen molar-refractivity contribution in [3.63, 3.8) is 0 Å². The molecule has 0 aromatic carbocycles. The summed E-state index contributed by atoms with van der Waals surface area (Å²) < 4.78 is 6.31. The smallest absolute Gasteiger partial charge is 0.259 e. The molecule has 1 fully saturated rings. The van der Waals surface area contributed by atoms with Crippen LogP contribution in [0.1, 0.15) is 72.2 Å². The molecule has 2 amide bonds. The van der Waals surface area contributed by atoms with Gasteiger partial charge < -0.3 is 19.6 Å². The van der Waals surface area contributed by atoms with Gasteiger partial charge in [-0.15, -0.1) is 0 Å². The number of aromatic nitrogens is 2. The Morgan fingerprint density at radius 2 is 2.00 bits per heavy atom. The first-order valence-corrected chi connectivity index (χ1v) is 13.1. The molecular formula is C29H36N4O4. The van der Waals surface area contributed by atoms with Gasteiger partial charge in [-0.3, -0.25) is 14.6 Å². The van der Waals surface area contributed by atoms with Gasteiger partial charge >= 0.3 is 0 Å². The van der Waals surface area contributed by atoms with E-state index in [1.165, 1.54) is 19.3 Å². The molecule has 37 heavy (non-hydrogen) atoms. The van der Waals surface area contributed by atoms with Gasteiger partial charge in [0.1, 0.15) is 11.7 Å². The van der Waals surface area contributed by atoms with Gasteiger partial charge in [0.2, 0.25) is 5.88 Å². The van der Waals surface area contributed by atoms with E-state index in [9.17, 15) is 14.7 Å². The van der Waals surface area contributed by atoms with E-state index in [0.29, 0.717) is 35.7 Å². The molecule has 8 heteroatoms. The Morgan fingerprint density at radius 3 is 2.70 bits per heavy atom. The van der Waals surface area contributed by atoms with Crippen molar-refractivity contribution in [1.82, 2.24) is 19.8 Å². The maximum absolute atomic E-state index is 13.6. The summed E-state index contributed by atoms with van der Waals surface area (Å²) in [6.07, 6.45) is 10.3. The quantitative estimate of drug-likeness (QED) is 0.627. The van der Waals surface area contributed by atoms with E-state index in [-0.39, 0.29) is 36.3 Å². The third-order valence-electron chi connectivity index (χ3n) is 7.27. The van der Waals surface area contributed by atoms with Crippen LogP contribution in [0.15, 0.2) is 36.8 Å². The number of nitrogens with zero attached hydrogens (tertiary/aromatic N) is 4. The number of rotatable bonds is 5. The van der Waals surface area contributed by atoms with Gasteiger partial charge in [-0.2, -0.15) is 0 Å². The third-order valence-corrected chi connectivity index (χ3v) is 7.27. The summed E-state index contributed by atoms with van der Waals surface area (Å²) in [5.41, 5.74) is 1.55. The van der Waals surface area contributed by atoms with Crippen molar-refractivity contribution in [2.24, 2.45) is 11.8 Å². The molecule has 0 spiro atoms. The molecule has 1 saturated carbocycles. The molecule has 0 radical (unpaired) electrons. The van der Waals surface area contributed by atoms with E-state index in [4.69, 9.17) is 4.74 Å². The molecule has 4 rings (SSSR count). The summed E-state index contributed by atoms with van der Waals surface area (Å²) in [7, 11) is 1.73.